The van der Waals surface area contributed by atoms with E-state index < -0.39 is 5.82 Å². The number of aromatic hydroxyl groups is 1. The molecule has 0 aliphatic carbocycles. The van der Waals surface area contributed by atoms with Crippen molar-refractivity contribution in [2.75, 3.05) is 20.1 Å². The van der Waals surface area contributed by atoms with Crippen LogP contribution in [-0.4, -0.2) is 36.2 Å². The number of rotatable bonds is 7. The highest BCUT2D eigenvalue weighted by molar-refractivity contribution is 5.28. The van der Waals surface area contributed by atoms with E-state index in [1.807, 2.05) is 0 Å². The van der Waals surface area contributed by atoms with Gasteiger partial charge >= 0.3 is 0 Å². The fourth-order valence-electron chi connectivity index (χ4n) is 1.68. The monoisotopic (exact) mass is 254 g/mol. The predicted molar refractivity (Wildman–Crippen MR) is 72.2 cm³/mol. The van der Waals surface area contributed by atoms with E-state index in [1.54, 1.807) is 6.07 Å². The van der Waals surface area contributed by atoms with Gasteiger partial charge in [-0.1, -0.05) is 0 Å². The van der Waals surface area contributed by atoms with Crippen LogP contribution in [0.1, 0.15) is 25.8 Å². The van der Waals surface area contributed by atoms with E-state index in [-0.39, 0.29) is 5.75 Å². The molecule has 0 aliphatic rings. The van der Waals surface area contributed by atoms with Crippen LogP contribution < -0.4 is 5.32 Å². The molecular formula is C14H23FN2O. The molecule has 0 heterocycles. The molecule has 0 bridgehead atoms. The Balaban J connectivity index is 2.22. The molecule has 0 atom stereocenters. The van der Waals surface area contributed by atoms with Crippen LogP contribution in [0.25, 0.3) is 0 Å². The van der Waals surface area contributed by atoms with Gasteiger partial charge in [0.2, 0.25) is 0 Å². The molecule has 0 radical (unpaired) electrons. The lowest BCUT2D eigenvalue weighted by Crippen LogP contribution is -2.29. The minimum atomic E-state index is -0.397. The average Bonchev–Trinajstić information content (AvgIpc) is 2.26. The van der Waals surface area contributed by atoms with Gasteiger partial charge in [-0.15, -0.1) is 0 Å². The number of nitrogens with one attached hydrogen (secondary N) is 1. The zero-order valence-corrected chi connectivity index (χ0v) is 11.4. The van der Waals surface area contributed by atoms with Crippen molar-refractivity contribution >= 4 is 0 Å². The Hall–Kier alpha value is -1.13. The van der Waals surface area contributed by atoms with Crippen molar-refractivity contribution in [2.24, 2.45) is 0 Å². The first-order valence-corrected chi connectivity index (χ1v) is 6.38. The highest BCUT2D eigenvalue weighted by Gasteiger charge is 2.02. The van der Waals surface area contributed by atoms with Gasteiger partial charge in [-0.2, -0.15) is 0 Å². The zero-order chi connectivity index (χ0) is 13.5. The van der Waals surface area contributed by atoms with Gasteiger partial charge in [0.1, 0.15) is 11.6 Å². The predicted octanol–water partition coefficient (Wildman–Crippen LogP) is 2.35. The summed E-state index contributed by atoms with van der Waals surface area (Å²) in [6.45, 7) is 6.84. The van der Waals surface area contributed by atoms with Crippen molar-refractivity contribution in [3.05, 3.63) is 29.6 Å². The van der Waals surface area contributed by atoms with Gasteiger partial charge in [-0.25, -0.2) is 4.39 Å². The van der Waals surface area contributed by atoms with Crippen LogP contribution >= 0.6 is 0 Å². The Kier molecular flexibility index (Phi) is 6.09. The molecule has 0 amide bonds. The third-order valence-electron chi connectivity index (χ3n) is 3.02. The van der Waals surface area contributed by atoms with Crippen molar-refractivity contribution in [2.45, 2.75) is 32.9 Å². The molecule has 1 aromatic rings. The first kappa shape index (κ1) is 14.9. The maximum absolute atomic E-state index is 13.0. The minimum absolute atomic E-state index is 0.0219. The van der Waals surface area contributed by atoms with E-state index in [4.69, 9.17) is 0 Å². The number of hydrogen-bond acceptors (Lipinski definition) is 3. The molecule has 102 valence electrons. The fraction of sp³-hybridized carbons (Fsp3) is 0.571. The number of phenols is 1. The van der Waals surface area contributed by atoms with Crippen molar-refractivity contribution in [1.29, 1.82) is 0 Å². The molecule has 0 spiro atoms. The fourth-order valence-corrected chi connectivity index (χ4v) is 1.68. The van der Waals surface area contributed by atoms with Crippen LogP contribution in [0.4, 0.5) is 4.39 Å². The second-order valence-electron chi connectivity index (χ2n) is 4.92. The number of nitrogens with zero attached hydrogens (tertiary/aromatic N) is 1. The van der Waals surface area contributed by atoms with Crippen molar-refractivity contribution in [3.63, 3.8) is 0 Å². The molecule has 18 heavy (non-hydrogen) atoms. The van der Waals surface area contributed by atoms with Gasteiger partial charge in [0.05, 0.1) is 0 Å². The maximum Gasteiger partial charge on any atom is 0.127 e. The summed E-state index contributed by atoms with van der Waals surface area (Å²) in [5, 5.41) is 12.5. The second-order valence-corrected chi connectivity index (χ2v) is 4.92. The van der Waals surface area contributed by atoms with Crippen LogP contribution in [-0.2, 0) is 6.54 Å². The molecule has 0 unspecified atom stereocenters. The SMILES string of the molecule is CC(C)N(C)CCCNCc1cc(O)cc(F)c1. The molecule has 0 fully saturated rings. The normalized spacial score (nSPS) is 11.4. The van der Waals surface area contributed by atoms with Crippen LogP contribution in [0, 0.1) is 5.82 Å². The molecule has 0 aliphatic heterocycles. The Labute approximate surface area is 109 Å². The van der Waals surface area contributed by atoms with E-state index in [0.29, 0.717) is 12.6 Å². The van der Waals surface area contributed by atoms with Crippen molar-refractivity contribution < 1.29 is 9.50 Å². The quantitative estimate of drug-likeness (QED) is 0.733. The van der Waals surface area contributed by atoms with Crippen LogP contribution in [0.15, 0.2) is 18.2 Å². The van der Waals surface area contributed by atoms with Gasteiger partial charge in [0.15, 0.2) is 0 Å². The largest absolute Gasteiger partial charge is 0.508 e. The summed E-state index contributed by atoms with van der Waals surface area (Å²) in [6, 6.07) is 4.69. The van der Waals surface area contributed by atoms with Crippen molar-refractivity contribution in [1.82, 2.24) is 10.2 Å². The summed E-state index contributed by atoms with van der Waals surface area (Å²) in [5.41, 5.74) is 0.768. The van der Waals surface area contributed by atoms with E-state index in [0.717, 1.165) is 31.1 Å². The summed E-state index contributed by atoms with van der Waals surface area (Å²) in [6.07, 6.45) is 1.05. The molecule has 1 rings (SSSR count). The maximum atomic E-state index is 13.0. The third kappa shape index (κ3) is 5.47. The molecule has 1 aromatic carbocycles. The molecule has 3 nitrogen and oxygen atoms in total. The number of hydrogen-bond donors (Lipinski definition) is 2. The highest BCUT2D eigenvalue weighted by Crippen LogP contribution is 2.14. The van der Waals surface area contributed by atoms with Crippen molar-refractivity contribution in [3.8, 4) is 5.75 Å². The lowest BCUT2D eigenvalue weighted by Gasteiger charge is -2.20. The average molecular weight is 254 g/mol. The Morgan fingerprint density at radius 3 is 2.67 bits per heavy atom. The first-order chi connectivity index (χ1) is 8.49. The van der Waals surface area contributed by atoms with Crippen LogP contribution in [0.2, 0.25) is 0 Å². The lowest BCUT2D eigenvalue weighted by molar-refractivity contribution is 0.269. The minimum Gasteiger partial charge on any atom is -0.508 e. The van der Waals surface area contributed by atoms with Gasteiger partial charge in [-0.05, 0) is 58.1 Å². The lowest BCUT2D eigenvalue weighted by atomic mass is 10.2. The number of halogens is 1. The summed E-state index contributed by atoms with van der Waals surface area (Å²) >= 11 is 0. The molecule has 0 saturated heterocycles. The third-order valence-corrected chi connectivity index (χ3v) is 3.02. The first-order valence-electron chi connectivity index (χ1n) is 6.38. The van der Waals surface area contributed by atoms with Crippen LogP contribution in [0.3, 0.4) is 0 Å². The molecule has 4 heteroatoms. The van der Waals surface area contributed by atoms with Gasteiger partial charge < -0.3 is 15.3 Å². The molecule has 0 saturated carbocycles. The van der Waals surface area contributed by atoms with Crippen LogP contribution in [0.5, 0.6) is 5.75 Å². The Morgan fingerprint density at radius 1 is 1.33 bits per heavy atom. The number of benzene rings is 1. The van der Waals surface area contributed by atoms with Gasteiger partial charge in [0, 0.05) is 18.7 Å². The van der Waals surface area contributed by atoms with Gasteiger partial charge in [-0.3, -0.25) is 0 Å². The highest BCUT2D eigenvalue weighted by atomic mass is 19.1. The van der Waals surface area contributed by atoms with E-state index in [9.17, 15) is 9.50 Å². The van der Waals surface area contributed by atoms with E-state index in [1.165, 1.54) is 6.07 Å². The Morgan fingerprint density at radius 2 is 2.06 bits per heavy atom. The topological polar surface area (TPSA) is 35.5 Å². The van der Waals surface area contributed by atoms with E-state index in [2.05, 4.69) is 31.1 Å². The molecular weight excluding hydrogens is 231 g/mol. The standard InChI is InChI=1S/C14H23FN2O/c1-11(2)17(3)6-4-5-16-10-12-7-13(15)9-14(18)8-12/h7-9,11,16,18H,4-6,10H2,1-3H3. The molecule has 0 aromatic heterocycles. The zero-order valence-electron chi connectivity index (χ0n) is 11.4. The smallest absolute Gasteiger partial charge is 0.127 e. The summed E-state index contributed by atoms with van der Waals surface area (Å²) in [4.78, 5) is 2.29. The molecule has 2 N–H and O–H groups in total. The second kappa shape index (κ2) is 7.34. The summed E-state index contributed by atoms with van der Waals surface area (Å²) in [5.74, 6) is -0.419. The summed E-state index contributed by atoms with van der Waals surface area (Å²) < 4.78 is 13.0. The summed E-state index contributed by atoms with van der Waals surface area (Å²) in [7, 11) is 2.11. The van der Waals surface area contributed by atoms with Gasteiger partial charge in [0.25, 0.3) is 0 Å². The number of phenolic OH excluding ortho intramolecular Hbond substituents is 1. The van der Waals surface area contributed by atoms with E-state index >= 15 is 0 Å². The Bertz CT molecular complexity index is 349.